The van der Waals surface area contributed by atoms with Gasteiger partial charge in [-0.2, -0.15) is 0 Å². The van der Waals surface area contributed by atoms with Crippen molar-refractivity contribution in [2.45, 2.75) is 25.7 Å². The zero-order valence-corrected chi connectivity index (χ0v) is 13.7. The minimum Gasteiger partial charge on any atom is -0.550 e. The van der Waals surface area contributed by atoms with Gasteiger partial charge in [0.05, 0.1) is 0 Å². The normalized spacial score (nSPS) is 10.3. The fraction of sp³-hybridized carbons (Fsp3) is 0.222. The van der Waals surface area contributed by atoms with Gasteiger partial charge in [-0.3, -0.25) is 9.59 Å². The van der Waals surface area contributed by atoms with Gasteiger partial charge in [0.15, 0.2) is 0 Å². The number of hydrogen-bond donors (Lipinski definition) is 2. The molecule has 0 fully saturated rings. The Morgan fingerprint density at radius 1 is 0.654 bits per heavy atom. The number of nitrogens with one attached hydrogen (secondary N) is 2. The fourth-order valence-corrected chi connectivity index (χ4v) is 2.38. The number of benzene rings is 2. The molecule has 0 atom stereocenters. The molecule has 0 aromatic heterocycles. The lowest BCUT2D eigenvalue weighted by atomic mass is 10.1. The van der Waals surface area contributed by atoms with Crippen LogP contribution in [-0.2, 0) is 19.2 Å². The highest BCUT2D eigenvalue weighted by Gasteiger charge is 2.10. The van der Waals surface area contributed by atoms with E-state index in [-0.39, 0.29) is 25.7 Å². The Kier molecular flexibility index (Phi) is 6.26. The predicted octanol–water partition coefficient (Wildman–Crippen LogP) is -0.223. The second kappa shape index (κ2) is 8.61. The molecule has 2 aromatic carbocycles. The van der Waals surface area contributed by atoms with Crippen molar-refractivity contribution in [3.8, 4) is 0 Å². The van der Waals surface area contributed by atoms with Crippen molar-refractivity contribution >= 4 is 45.9 Å². The lowest BCUT2D eigenvalue weighted by Crippen LogP contribution is -2.24. The first-order chi connectivity index (χ1) is 12.4. The molecule has 8 heteroatoms. The molecule has 0 spiro atoms. The van der Waals surface area contributed by atoms with E-state index in [1.165, 1.54) is 0 Å². The maximum absolute atomic E-state index is 11.8. The number of anilines is 2. The Labute approximate surface area is 148 Å². The summed E-state index contributed by atoms with van der Waals surface area (Å²) in [6, 6.07) is 10.1. The largest absolute Gasteiger partial charge is 0.550 e. The molecule has 0 radical (unpaired) electrons. The number of amides is 2. The first kappa shape index (κ1) is 18.9. The van der Waals surface area contributed by atoms with Crippen LogP contribution in [0.2, 0.25) is 0 Å². The lowest BCUT2D eigenvalue weighted by molar-refractivity contribution is -0.307. The molecule has 0 aliphatic carbocycles. The highest BCUT2D eigenvalue weighted by Crippen LogP contribution is 2.29. The summed E-state index contributed by atoms with van der Waals surface area (Å²) in [4.78, 5) is 44.6. The second-order valence-corrected chi connectivity index (χ2v) is 5.55. The Bertz CT molecular complexity index is 791. The number of hydrogen-bond acceptors (Lipinski definition) is 6. The van der Waals surface area contributed by atoms with E-state index in [4.69, 9.17) is 0 Å². The van der Waals surface area contributed by atoms with E-state index in [9.17, 15) is 29.4 Å². The summed E-state index contributed by atoms with van der Waals surface area (Å²) in [5, 5.41) is 27.4. The molecule has 0 saturated heterocycles. The number of carboxylic acids is 2. The zero-order chi connectivity index (χ0) is 19.1. The Morgan fingerprint density at radius 3 is 1.38 bits per heavy atom. The van der Waals surface area contributed by atoms with Crippen molar-refractivity contribution in [3.63, 3.8) is 0 Å². The Hall–Kier alpha value is -3.42. The minimum absolute atomic E-state index is 0.210. The zero-order valence-electron chi connectivity index (χ0n) is 13.7. The topological polar surface area (TPSA) is 138 Å². The van der Waals surface area contributed by atoms with Gasteiger partial charge in [0.25, 0.3) is 0 Å². The maximum atomic E-state index is 11.8. The smallest absolute Gasteiger partial charge is 0.224 e. The van der Waals surface area contributed by atoms with Crippen molar-refractivity contribution in [1.82, 2.24) is 0 Å². The van der Waals surface area contributed by atoms with Crippen LogP contribution in [0, 0.1) is 0 Å². The van der Waals surface area contributed by atoms with Crippen LogP contribution < -0.4 is 20.8 Å². The summed E-state index contributed by atoms with van der Waals surface area (Å²) in [5.41, 5.74) is 0.938. The standard InChI is InChI=1S/C18H18N2O6/c21-15(7-9-17(23)24)19-13-5-1-3-11-12(13)4-2-6-14(11)20-16(22)8-10-18(25)26/h1-6H,7-10H2,(H,19,21)(H,20,22)(H,23,24)(H,25,26)/p-2. The highest BCUT2D eigenvalue weighted by molar-refractivity contribution is 6.09. The number of rotatable bonds is 8. The number of aliphatic carboxylic acids is 2. The first-order valence-corrected chi connectivity index (χ1v) is 7.88. The molecule has 2 rings (SSSR count). The molecule has 2 N–H and O–H groups in total. The molecule has 0 aliphatic rings. The molecular weight excluding hydrogens is 340 g/mol. The van der Waals surface area contributed by atoms with Crippen molar-refractivity contribution in [2.24, 2.45) is 0 Å². The molecule has 26 heavy (non-hydrogen) atoms. The van der Waals surface area contributed by atoms with E-state index < -0.39 is 23.8 Å². The molecule has 2 aromatic rings. The monoisotopic (exact) mass is 356 g/mol. The van der Waals surface area contributed by atoms with E-state index >= 15 is 0 Å². The predicted molar refractivity (Wildman–Crippen MR) is 89.7 cm³/mol. The van der Waals surface area contributed by atoms with Crippen LogP contribution >= 0.6 is 0 Å². The maximum Gasteiger partial charge on any atom is 0.224 e. The van der Waals surface area contributed by atoms with Crippen LogP contribution in [0.25, 0.3) is 10.8 Å². The van der Waals surface area contributed by atoms with Gasteiger partial charge >= 0.3 is 0 Å². The fourth-order valence-electron chi connectivity index (χ4n) is 2.38. The van der Waals surface area contributed by atoms with E-state index in [0.717, 1.165) is 0 Å². The van der Waals surface area contributed by atoms with Gasteiger partial charge in [0.2, 0.25) is 11.8 Å². The number of carbonyl (C=O) groups is 4. The molecule has 0 saturated carbocycles. The van der Waals surface area contributed by atoms with E-state index in [1.54, 1.807) is 36.4 Å². The molecule has 0 bridgehead atoms. The van der Waals surface area contributed by atoms with E-state index in [2.05, 4.69) is 10.6 Å². The minimum atomic E-state index is -1.31. The van der Waals surface area contributed by atoms with E-state index in [1.807, 2.05) is 0 Å². The lowest BCUT2D eigenvalue weighted by Gasteiger charge is -2.13. The summed E-state index contributed by atoms with van der Waals surface area (Å²) in [7, 11) is 0. The Morgan fingerprint density at radius 2 is 1.04 bits per heavy atom. The van der Waals surface area contributed by atoms with Crippen LogP contribution in [0.4, 0.5) is 11.4 Å². The van der Waals surface area contributed by atoms with Crippen molar-refractivity contribution < 1.29 is 29.4 Å². The molecule has 0 unspecified atom stereocenters. The molecule has 8 nitrogen and oxygen atoms in total. The van der Waals surface area contributed by atoms with Crippen LogP contribution in [0.5, 0.6) is 0 Å². The third-order valence-corrected chi connectivity index (χ3v) is 3.58. The molecular formula is C18H16N2O6-2. The summed E-state index contributed by atoms with van der Waals surface area (Å²) in [6.45, 7) is 0. The number of fused-ring (bicyclic) bond motifs is 1. The van der Waals surface area contributed by atoms with Gasteiger partial charge in [0.1, 0.15) is 0 Å². The van der Waals surface area contributed by atoms with Crippen LogP contribution in [-0.4, -0.2) is 23.8 Å². The van der Waals surface area contributed by atoms with Gasteiger partial charge in [-0.15, -0.1) is 0 Å². The summed E-state index contributed by atoms with van der Waals surface area (Å²) < 4.78 is 0. The summed E-state index contributed by atoms with van der Waals surface area (Å²) >= 11 is 0. The van der Waals surface area contributed by atoms with Gasteiger partial charge in [0, 0.05) is 46.9 Å². The molecule has 136 valence electrons. The average molecular weight is 356 g/mol. The quantitative estimate of drug-likeness (QED) is 0.670. The number of carboxylic acid groups (broad SMARTS) is 2. The summed E-state index contributed by atoms with van der Waals surface area (Å²) in [5.74, 6) is -3.55. The van der Waals surface area contributed by atoms with Crippen LogP contribution in [0.3, 0.4) is 0 Å². The molecule has 2 amide bonds. The average Bonchev–Trinajstić information content (AvgIpc) is 2.59. The van der Waals surface area contributed by atoms with Gasteiger partial charge in [-0.05, 0) is 25.0 Å². The van der Waals surface area contributed by atoms with Gasteiger partial charge < -0.3 is 30.4 Å². The first-order valence-electron chi connectivity index (χ1n) is 7.88. The van der Waals surface area contributed by atoms with Crippen molar-refractivity contribution in [2.75, 3.05) is 10.6 Å². The van der Waals surface area contributed by atoms with Crippen LogP contribution in [0.15, 0.2) is 36.4 Å². The third kappa shape index (κ3) is 5.30. The summed E-state index contributed by atoms with van der Waals surface area (Å²) in [6.07, 6.45) is -1.18. The SMILES string of the molecule is O=C([O-])CCC(=O)Nc1cccc2c(NC(=O)CCC(=O)[O-])cccc12. The van der Waals surface area contributed by atoms with Crippen molar-refractivity contribution in [1.29, 1.82) is 0 Å². The second-order valence-electron chi connectivity index (χ2n) is 5.55. The van der Waals surface area contributed by atoms with Gasteiger partial charge in [-0.1, -0.05) is 24.3 Å². The Balaban J connectivity index is 2.19. The van der Waals surface area contributed by atoms with Gasteiger partial charge in [-0.25, -0.2) is 0 Å². The van der Waals surface area contributed by atoms with Crippen LogP contribution in [0.1, 0.15) is 25.7 Å². The highest BCUT2D eigenvalue weighted by atomic mass is 16.4. The van der Waals surface area contributed by atoms with Crippen molar-refractivity contribution in [3.05, 3.63) is 36.4 Å². The molecule has 0 aliphatic heterocycles. The third-order valence-electron chi connectivity index (χ3n) is 3.58. The molecule has 0 heterocycles. The number of carbonyl (C=O) groups excluding carboxylic acids is 4. The van der Waals surface area contributed by atoms with E-state index in [0.29, 0.717) is 22.1 Å².